The molecule has 0 aromatic heterocycles. The highest BCUT2D eigenvalue weighted by molar-refractivity contribution is 7.89. The highest BCUT2D eigenvalue weighted by atomic mass is 32.2. The summed E-state index contributed by atoms with van der Waals surface area (Å²) in [7, 11) is -3.45. The van der Waals surface area contributed by atoms with Gasteiger partial charge in [-0.2, -0.15) is 0 Å². The van der Waals surface area contributed by atoms with E-state index >= 15 is 0 Å². The van der Waals surface area contributed by atoms with Crippen LogP contribution in [0, 0.1) is 0 Å². The van der Waals surface area contributed by atoms with Gasteiger partial charge in [-0.15, -0.1) is 0 Å². The molecular weight excluding hydrogens is 288 g/mol. The van der Waals surface area contributed by atoms with Gasteiger partial charge in [0.1, 0.15) is 0 Å². The lowest BCUT2D eigenvalue weighted by atomic mass is 10.1. The summed E-state index contributed by atoms with van der Waals surface area (Å²) in [5.74, 6) is 5.28. The minimum absolute atomic E-state index is 0.0235. The molecule has 0 radical (unpaired) electrons. The van der Waals surface area contributed by atoms with Crippen molar-refractivity contribution in [1.29, 1.82) is 0 Å². The maximum absolute atomic E-state index is 12.3. The van der Waals surface area contributed by atoms with Gasteiger partial charge in [-0.1, -0.05) is 6.92 Å². The molecule has 1 aromatic carbocycles. The maximum Gasteiger partial charge on any atom is 0.240 e. The number of likely N-dealkylation sites (tertiary alicyclic amines) is 1. The fraction of sp³-hybridized carbons (Fsp3) is 0.571. The fourth-order valence-electron chi connectivity index (χ4n) is 2.61. The van der Waals surface area contributed by atoms with Crippen LogP contribution in [0.2, 0.25) is 0 Å². The van der Waals surface area contributed by atoms with Gasteiger partial charge in [0.05, 0.1) is 4.90 Å². The van der Waals surface area contributed by atoms with Crippen LogP contribution in [0.3, 0.4) is 0 Å². The largest absolute Gasteiger partial charge is 0.324 e. The van der Waals surface area contributed by atoms with Gasteiger partial charge >= 0.3 is 0 Å². The number of nitrogens with one attached hydrogen (secondary N) is 2. The molecular formula is C14H24N4O2S. The quantitative estimate of drug-likeness (QED) is 0.541. The van der Waals surface area contributed by atoms with Gasteiger partial charge in [0.25, 0.3) is 0 Å². The Morgan fingerprint density at radius 1 is 1.24 bits per heavy atom. The Balaban J connectivity index is 1.95. The molecule has 0 atom stereocenters. The first-order valence-corrected chi connectivity index (χ1v) is 8.85. The third-order valence-electron chi connectivity index (χ3n) is 3.78. The van der Waals surface area contributed by atoms with Gasteiger partial charge in [0.15, 0.2) is 0 Å². The van der Waals surface area contributed by atoms with Crippen LogP contribution < -0.4 is 16.0 Å². The average molecular weight is 312 g/mol. The molecule has 1 saturated heterocycles. The first-order chi connectivity index (χ1) is 10.0. The molecule has 2 rings (SSSR count). The summed E-state index contributed by atoms with van der Waals surface area (Å²) in [6, 6.07) is 6.44. The van der Waals surface area contributed by atoms with Crippen LogP contribution in [0.25, 0.3) is 0 Å². The van der Waals surface area contributed by atoms with Crippen molar-refractivity contribution in [1.82, 2.24) is 9.62 Å². The standard InChI is InChI=1S/C14H24N4O2S/c1-2-9-18-10-7-13(8-11-18)17-21(19,20)14-5-3-12(16-15)4-6-14/h3-6,13,16-17H,2,7-11,15H2,1H3. The van der Waals surface area contributed by atoms with Crippen LogP contribution in [-0.4, -0.2) is 39.0 Å². The molecule has 0 unspecified atom stereocenters. The lowest BCUT2D eigenvalue weighted by Gasteiger charge is -2.31. The summed E-state index contributed by atoms with van der Waals surface area (Å²) >= 11 is 0. The number of hydrogen-bond acceptors (Lipinski definition) is 5. The first kappa shape index (κ1) is 16.2. The molecule has 1 heterocycles. The Labute approximate surface area is 126 Å². The molecule has 0 aliphatic carbocycles. The normalized spacial score (nSPS) is 17.8. The highest BCUT2D eigenvalue weighted by Crippen LogP contribution is 2.17. The first-order valence-electron chi connectivity index (χ1n) is 7.36. The van der Waals surface area contributed by atoms with E-state index in [0.29, 0.717) is 5.69 Å². The Hall–Kier alpha value is -1.15. The molecule has 0 saturated carbocycles. The van der Waals surface area contributed by atoms with Crippen molar-refractivity contribution in [2.45, 2.75) is 37.1 Å². The number of benzene rings is 1. The Morgan fingerprint density at radius 2 is 1.86 bits per heavy atom. The zero-order valence-corrected chi connectivity index (χ0v) is 13.2. The molecule has 4 N–H and O–H groups in total. The number of hydrogen-bond donors (Lipinski definition) is 3. The SMILES string of the molecule is CCCN1CCC(NS(=O)(=O)c2ccc(NN)cc2)CC1. The van der Waals surface area contributed by atoms with Crippen molar-refractivity contribution >= 4 is 15.7 Å². The Kier molecular flexibility index (Phi) is 5.58. The van der Waals surface area contributed by atoms with E-state index in [9.17, 15) is 8.42 Å². The van der Waals surface area contributed by atoms with Crippen molar-refractivity contribution in [2.24, 2.45) is 5.84 Å². The number of hydrazine groups is 1. The number of sulfonamides is 1. The predicted octanol–water partition coefficient (Wildman–Crippen LogP) is 1.12. The van der Waals surface area contributed by atoms with Gasteiger partial charge in [-0.05, 0) is 63.2 Å². The van der Waals surface area contributed by atoms with E-state index in [1.54, 1.807) is 24.3 Å². The molecule has 21 heavy (non-hydrogen) atoms. The number of anilines is 1. The van der Waals surface area contributed by atoms with Crippen molar-refractivity contribution < 1.29 is 8.42 Å². The van der Waals surface area contributed by atoms with E-state index in [1.165, 1.54) is 0 Å². The third kappa shape index (κ3) is 4.41. The lowest BCUT2D eigenvalue weighted by Crippen LogP contribution is -2.44. The van der Waals surface area contributed by atoms with Crippen LogP contribution >= 0.6 is 0 Å². The van der Waals surface area contributed by atoms with Gasteiger partial charge in [-0.25, -0.2) is 13.1 Å². The van der Waals surface area contributed by atoms with Crippen molar-refractivity contribution in [3.05, 3.63) is 24.3 Å². The summed E-state index contributed by atoms with van der Waals surface area (Å²) in [4.78, 5) is 2.66. The van der Waals surface area contributed by atoms with Crippen molar-refractivity contribution in [3.63, 3.8) is 0 Å². The summed E-state index contributed by atoms with van der Waals surface area (Å²) < 4.78 is 27.5. The van der Waals surface area contributed by atoms with Gasteiger partial charge in [0.2, 0.25) is 10.0 Å². The number of rotatable bonds is 6. The average Bonchev–Trinajstić information content (AvgIpc) is 2.49. The lowest BCUT2D eigenvalue weighted by molar-refractivity contribution is 0.208. The predicted molar refractivity (Wildman–Crippen MR) is 84.3 cm³/mol. The molecule has 0 spiro atoms. The minimum Gasteiger partial charge on any atom is -0.324 e. The summed E-state index contributed by atoms with van der Waals surface area (Å²) in [5, 5.41) is 0. The molecule has 1 aliphatic rings. The zero-order valence-electron chi connectivity index (χ0n) is 12.4. The zero-order chi connectivity index (χ0) is 15.3. The fourth-order valence-corrected chi connectivity index (χ4v) is 3.91. The second-order valence-electron chi connectivity index (χ2n) is 5.41. The Morgan fingerprint density at radius 3 is 2.38 bits per heavy atom. The maximum atomic E-state index is 12.3. The third-order valence-corrected chi connectivity index (χ3v) is 5.32. The monoisotopic (exact) mass is 312 g/mol. The molecule has 7 heteroatoms. The van der Waals surface area contributed by atoms with Crippen LogP contribution in [0.15, 0.2) is 29.2 Å². The van der Waals surface area contributed by atoms with Crippen molar-refractivity contribution in [3.8, 4) is 0 Å². The van der Waals surface area contributed by atoms with E-state index in [0.717, 1.165) is 38.9 Å². The van der Waals surface area contributed by atoms with Crippen LogP contribution in [0.1, 0.15) is 26.2 Å². The van der Waals surface area contributed by atoms with E-state index in [2.05, 4.69) is 22.0 Å². The van der Waals surface area contributed by atoms with Crippen molar-refractivity contribution in [2.75, 3.05) is 25.1 Å². The highest BCUT2D eigenvalue weighted by Gasteiger charge is 2.24. The molecule has 0 bridgehead atoms. The molecule has 118 valence electrons. The Bertz CT molecular complexity index is 537. The summed E-state index contributed by atoms with van der Waals surface area (Å²) in [6.07, 6.45) is 2.86. The van der Waals surface area contributed by atoms with E-state index in [-0.39, 0.29) is 10.9 Å². The minimum atomic E-state index is -3.45. The van der Waals surface area contributed by atoms with Crippen LogP contribution in [0.4, 0.5) is 5.69 Å². The van der Waals surface area contributed by atoms with Gasteiger partial charge in [0, 0.05) is 11.7 Å². The summed E-state index contributed by atoms with van der Waals surface area (Å²) in [6.45, 7) is 5.16. The van der Waals surface area contributed by atoms with Crippen LogP contribution in [0.5, 0.6) is 0 Å². The van der Waals surface area contributed by atoms with E-state index < -0.39 is 10.0 Å². The smallest absolute Gasteiger partial charge is 0.240 e. The topological polar surface area (TPSA) is 87.5 Å². The molecule has 1 aliphatic heterocycles. The number of nitrogens with zero attached hydrogens (tertiary/aromatic N) is 1. The number of piperidine rings is 1. The number of nitrogen functional groups attached to an aromatic ring is 1. The molecule has 1 fully saturated rings. The summed E-state index contributed by atoms with van der Waals surface area (Å²) in [5.41, 5.74) is 3.17. The molecule has 1 aromatic rings. The van der Waals surface area contributed by atoms with Gasteiger partial charge < -0.3 is 10.3 Å². The number of nitrogens with two attached hydrogens (primary N) is 1. The second kappa shape index (κ2) is 7.22. The second-order valence-corrected chi connectivity index (χ2v) is 7.12. The van der Waals surface area contributed by atoms with Gasteiger partial charge in [-0.3, -0.25) is 5.84 Å². The molecule has 6 nitrogen and oxygen atoms in total. The van der Waals surface area contributed by atoms with Crippen LogP contribution in [-0.2, 0) is 10.0 Å². The van der Waals surface area contributed by atoms with E-state index in [4.69, 9.17) is 5.84 Å². The van der Waals surface area contributed by atoms with E-state index in [1.807, 2.05) is 0 Å². The molecule has 0 amide bonds.